The lowest BCUT2D eigenvalue weighted by molar-refractivity contribution is 0.115. The Labute approximate surface area is 116 Å². The summed E-state index contributed by atoms with van der Waals surface area (Å²) in [6.45, 7) is 7.63. The Morgan fingerprint density at radius 1 is 1.37 bits per heavy atom. The van der Waals surface area contributed by atoms with Gasteiger partial charge in [0.25, 0.3) is 0 Å². The summed E-state index contributed by atoms with van der Waals surface area (Å²) in [5, 5.41) is 13.2. The standard InChI is InChI=1S/C16H26N2O/c1-3-6-14-12-18(15(4-2)10-17-14)11-13-7-5-8-16(19)9-13/h5,7-9,14-15,17,19H,3-4,6,10-12H2,1-2H3. The summed E-state index contributed by atoms with van der Waals surface area (Å²) in [4.78, 5) is 2.56. The number of nitrogens with zero attached hydrogens (tertiary/aromatic N) is 1. The Balaban J connectivity index is 2.01. The smallest absolute Gasteiger partial charge is 0.115 e. The van der Waals surface area contributed by atoms with Crippen LogP contribution in [0.3, 0.4) is 0 Å². The van der Waals surface area contributed by atoms with Crippen molar-refractivity contribution in [1.29, 1.82) is 0 Å². The predicted octanol–water partition coefficient (Wildman–Crippen LogP) is 2.74. The second-order valence-electron chi connectivity index (χ2n) is 5.56. The van der Waals surface area contributed by atoms with E-state index in [0.29, 0.717) is 17.8 Å². The van der Waals surface area contributed by atoms with Gasteiger partial charge in [-0.25, -0.2) is 0 Å². The zero-order valence-electron chi connectivity index (χ0n) is 12.1. The molecule has 2 unspecified atom stereocenters. The second kappa shape index (κ2) is 6.92. The summed E-state index contributed by atoms with van der Waals surface area (Å²) in [6.07, 6.45) is 3.64. The van der Waals surface area contributed by atoms with E-state index in [1.54, 1.807) is 6.07 Å². The van der Waals surface area contributed by atoms with Crippen LogP contribution in [-0.4, -0.2) is 35.2 Å². The molecule has 1 aromatic carbocycles. The number of aromatic hydroxyl groups is 1. The van der Waals surface area contributed by atoms with Crippen molar-refractivity contribution in [2.75, 3.05) is 13.1 Å². The molecule has 1 saturated heterocycles. The van der Waals surface area contributed by atoms with Gasteiger partial charge in [0, 0.05) is 31.7 Å². The Hall–Kier alpha value is -1.06. The van der Waals surface area contributed by atoms with E-state index in [1.165, 1.54) is 24.8 Å². The lowest BCUT2D eigenvalue weighted by atomic mass is 10.0. The fourth-order valence-electron chi connectivity index (χ4n) is 2.96. The second-order valence-corrected chi connectivity index (χ2v) is 5.56. The SMILES string of the molecule is CCCC1CN(Cc2cccc(O)c2)C(CC)CN1. The minimum atomic E-state index is 0.366. The van der Waals surface area contributed by atoms with Crippen molar-refractivity contribution in [2.45, 2.75) is 51.7 Å². The molecule has 3 nitrogen and oxygen atoms in total. The van der Waals surface area contributed by atoms with Crippen molar-refractivity contribution < 1.29 is 5.11 Å². The molecule has 19 heavy (non-hydrogen) atoms. The molecule has 0 bridgehead atoms. The first-order valence-electron chi connectivity index (χ1n) is 7.48. The molecule has 2 atom stereocenters. The van der Waals surface area contributed by atoms with Crippen molar-refractivity contribution in [1.82, 2.24) is 10.2 Å². The number of phenolic OH excluding ortho intramolecular Hbond substituents is 1. The summed E-state index contributed by atoms with van der Waals surface area (Å²) >= 11 is 0. The van der Waals surface area contributed by atoms with Gasteiger partial charge < -0.3 is 10.4 Å². The van der Waals surface area contributed by atoms with Crippen LogP contribution in [-0.2, 0) is 6.54 Å². The molecule has 2 rings (SSSR count). The van der Waals surface area contributed by atoms with E-state index < -0.39 is 0 Å². The minimum Gasteiger partial charge on any atom is -0.508 e. The van der Waals surface area contributed by atoms with Gasteiger partial charge in [0.2, 0.25) is 0 Å². The number of rotatable bonds is 5. The maximum absolute atomic E-state index is 9.57. The molecular weight excluding hydrogens is 236 g/mol. The monoisotopic (exact) mass is 262 g/mol. The third-order valence-electron chi connectivity index (χ3n) is 4.02. The predicted molar refractivity (Wildman–Crippen MR) is 79.3 cm³/mol. The topological polar surface area (TPSA) is 35.5 Å². The number of phenols is 1. The molecule has 0 aromatic heterocycles. The van der Waals surface area contributed by atoms with Crippen molar-refractivity contribution in [3.63, 3.8) is 0 Å². The van der Waals surface area contributed by atoms with Crippen LogP contribution in [0.1, 0.15) is 38.7 Å². The van der Waals surface area contributed by atoms with Crippen LogP contribution >= 0.6 is 0 Å². The Bertz CT molecular complexity index is 394. The normalized spacial score (nSPS) is 24.5. The molecule has 1 aliphatic heterocycles. The van der Waals surface area contributed by atoms with Crippen LogP contribution in [0, 0.1) is 0 Å². The number of nitrogens with one attached hydrogen (secondary N) is 1. The molecule has 0 aliphatic carbocycles. The highest BCUT2D eigenvalue weighted by molar-refractivity contribution is 5.27. The van der Waals surface area contributed by atoms with Gasteiger partial charge >= 0.3 is 0 Å². The third-order valence-corrected chi connectivity index (χ3v) is 4.02. The largest absolute Gasteiger partial charge is 0.508 e. The minimum absolute atomic E-state index is 0.366. The summed E-state index contributed by atoms with van der Waals surface area (Å²) in [5.41, 5.74) is 1.20. The fourth-order valence-corrected chi connectivity index (χ4v) is 2.96. The molecule has 2 N–H and O–H groups in total. The van der Waals surface area contributed by atoms with E-state index in [0.717, 1.165) is 19.6 Å². The van der Waals surface area contributed by atoms with E-state index in [9.17, 15) is 5.11 Å². The molecule has 1 heterocycles. The Morgan fingerprint density at radius 3 is 2.89 bits per heavy atom. The number of hydrogen-bond acceptors (Lipinski definition) is 3. The van der Waals surface area contributed by atoms with Gasteiger partial charge in [0.05, 0.1) is 0 Å². The quantitative estimate of drug-likeness (QED) is 0.856. The lowest BCUT2D eigenvalue weighted by Gasteiger charge is -2.40. The van der Waals surface area contributed by atoms with Crippen molar-refractivity contribution >= 4 is 0 Å². The molecule has 0 amide bonds. The molecule has 1 fully saturated rings. The molecule has 3 heteroatoms. The Morgan fingerprint density at radius 2 is 2.21 bits per heavy atom. The average Bonchev–Trinajstić information content (AvgIpc) is 2.39. The van der Waals surface area contributed by atoms with Crippen molar-refractivity contribution in [3.05, 3.63) is 29.8 Å². The van der Waals surface area contributed by atoms with Crippen LogP contribution in [0.5, 0.6) is 5.75 Å². The highest BCUT2D eigenvalue weighted by Crippen LogP contribution is 2.18. The number of hydrogen-bond donors (Lipinski definition) is 2. The average molecular weight is 262 g/mol. The molecule has 1 aromatic rings. The lowest BCUT2D eigenvalue weighted by Crippen LogP contribution is -2.55. The first-order chi connectivity index (χ1) is 9.22. The van der Waals surface area contributed by atoms with Gasteiger partial charge in [-0.3, -0.25) is 4.90 Å². The zero-order valence-corrected chi connectivity index (χ0v) is 12.1. The number of benzene rings is 1. The van der Waals surface area contributed by atoms with Gasteiger partial charge in [-0.15, -0.1) is 0 Å². The van der Waals surface area contributed by atoms with Gasteiger partial charge in [0.1, 0.15) is 5.75 Å². The molecular formula is C16H26N2O. The molecule has 0 spiro atoms. The van der Waals surface area contributed by atoms with Crippen LogP contribution in [0.2, 0.25) is 0 Å². The van der Waals surface area contributed by atoms with Crippen LogP contribution in [0.25, 0.3) is 0 Å². The van der Waals surface area contributed by atoms with E-state index in [1.807, 2.05) is 12.1 Å². The van der Waals surface area contributed by atoms with Crippen LogP contribution < -0.4 is 5.32 Å². The van der Waals surface area contributed by atoms with Gasteiger partial charge in [-0.2, -0.15) is 0 Å². The molecule has 0 radical (unpaired) electrons. The highest BCUT2D eigenvalue weighted by atomic mass is 16.3. The maximum atomic E-state index is 9.57. The fraction of sp³-hybridized carbons (Fsp3) is 0.625. The maximum Gasteiger partial charge on any atom is 0.115 e. The van der Waals surface area contributed by atoms with Crippen molar-refractivity contribution in [2.24, 2.45) is 0 Å². The van der Waals surface area contributed by atoms with Crippen LogP contribution in [0.4, 0.5) is 0 Å². The van der Waals surface area contributed by atoms with E-state index in [2.05, 4.69) is 30.1 Å². The molecule has 0 saturated carbocycles. The Kier molecular flexibility index (Phi) is 5.23. The van der Waals surface area contributed by atoms with E-state index in [4.69, 9.17) is 0 Å². The van der Waals surface area contributed by atoms with E-state index in [-0.39, 0.29) is 0 Å². The zero-order chi connectivity index (χ0) is 13.7. The molecule has 1 aliphatic rings. The van der Waals surface area contributed by atoms with Gasteiger partial charge in [-0.1, -0.05) is 32.4 Å². The van der Waals surface area contributed by atoms with Gasteiger partial charge in [0.15, 0.2) is 0 Å². The first-order valence-corrected chi connectivity index (χ1v) is 7.48. The van der Waals surface area contributed by atoms with Crippen LogP contribution in [0.15, 0.2) is 24.3 Å². The summed E-state index contributed by atoms with van der Waals surface area (Å²) in [6, 6.07) is 8.86. The van der Waals surface area contributed by atoms with Gasteiger partial charge in [-0.05, 0) is 30.5 Å². The van der Waals surface area contributed by atoms with E-state index >= 15 is 0 Å². The number of piperazine rings is 1. The summed E-state index contributed by atoms with van der Waals surface area (Å²) < 4.78 is 0. The van der Waals surface area contributed by atoms with Crippen molar-refractivity contribution in [3.8, 4) is 5.75 Å². The third kappa shape index (κ3) is 3.95. The summed E-state index contributed by atoms with van der Waals surface area (Å²) in [5.74, 6) is 0.366. The molecule has 106 valence electrons. The highest BCUT2D eigenvalue weighted by Gasteiger charge is 2.26. The summed E-state index contributed by atoms with van der Waals surface area (Å²) in [7, 11) is 0. The first kappa shape index (κ1) is 14.4.